The van der Waals surface area contributed by atoms with Crippen molar-refractivity contribution in [3.8, 4) is 0 Å². The Bertz CT molecular complexity index is 449. The third-order valence-corrected chi connectivity index (χ3v) is 4.77. The van der Waals surface area contributed by atoms with Gasteiger partial charge in [0, 0.05) is 5.41 Å². The summed E-state index contributed by atoms with van der Waals surface area (Å²) in [6.45, 7) is 11.5. The Labute approximate surface area is 127 Å². The minimum atomic E-state index is -1.51. The molecule has 4 heteroatoms. The molecule has 0 saturated carbocycles. The van der Waals surface area contributed by atoms with Gasteiger partial charge in [-0.15, -0.1) is 0 Å². The molecule has 0 aliphatic rings. The van der Waals surface area contributed by atoms with E-state index in [-0.39, 0.29) is 0 Å². The normalized spacial score (nSPS) is 12.8. The smallest absolute Gasteiger partial charge is 0.147 e. The van der Waals surface area contributed by atoms with Gasteiger partial charge in [0.2, 0.25) is 0 Å². The number of hydrogen-bond donors (Lipinski definition) is 0. The summed E-state index contributed by atoms with van der Waals surface area (Å²) < 4.78 is 23.3. The van der Waals surface area contributed by atoms with E-state index in [1.807, 2.05) is 33.8 Å². The van der Waals surface area contributed by atoms with Crippen molar-refractivity contribution >= 4 is 19.7 Å². The number of allylic oxidation sites excluding steroid dienone is 4. The van der Waals surface area contributed by atoms with Crippen LogP contribution in [-0.2, 0) is 19.7 Å². The quantitative estimate of drug-likeness (QED) is 0.580. The molecule has 0 radical (unpaired) electrons. The van der Waals surface area contributed by atoms with Crippen molar-refractivity contribution in [3.63, 3.8) is 0 Å². The van der Waals surface area contributed by atoms with Crippen molar-refractivity contribution in [2.75, 3.05) is 0 Å². The topological polar surface area (TPSA) is 34.1 Å². The molecule has 2 unspecified atom stereocenters. The molecule has 1 aromatic rings. The van der Waals surface area contributed by atoms with Gasteiger partial charge < -0.3 is 0 Å². The molecule has 0 aliphatic heterocycles. The van der Waals surface area contributed by atoms with Crippen LogP contribution in [0.25, 0.3) is 0 Å². The van der Waals surface area contributed by atoms with Crippen LogP contribution in [0.5, 0.6) is 0 Å². The lowest BCUT2D eigenvalue weighted by molar-refractivity contribution is 0.679. The van der Waals surface area contributed by atoms with E-state index in [2.05, 4.69) is 6.58 Å². The van der Waals surface area contributed by atoms with Crippen molar-refractivity contribution in [1.82, 2.24) is 0 Å². The van der Waals surface area contributed by atoms with E-state index in [9.17, 15) is 8.42 Å². The molecule has 0 fully saturated rings. The molecule has 0 spiro atoms. The van der Waals surface area contributed by atoms with Gasteiger partial charge in [0.25, 0.3) is 0 Å². The predicted molar refractivity (Wildman–Crippen MR) is 92.2 cm³/mol. The molecule has 0 bridgehead atoms. The lowest BCUT2D eigenvalue weighted by atomic mass is 10.4. The van der Waals surface area contributed by atoms with Gasteiger partial charge in [0.05, 0.1) is 4.90 Å². The summed E-state index contributed by atoms with van der Waals surface area (Å²) in [6, 6.07) is 8.76. The molecule has 0 amide bonds. The van der Waals surface area contributed by atoms with E-state index in [0.29, 0.717) is 4.90 Å². The van der Waals surface area contributed by atoms with Crippen LogP contribution in [0, 0.1) is 0 Å². The van der Waals surface area contributed by atoms with Gasteiger partial charge in [-0.05, 0) is 12.1 Å². The largest absolute Gasteiger partial charge is 0.240 e. The molecule has 1 aromatic carbocycles. The van der Waals surface area contributed by atoms with E-state index in [4.69, 9.17) is 0 Å². The van der Waals surface area contributed by atoms with Gasteiger partial charge in [0.1, 0.15) is 19.7 Å². The van der Waals surface area contributed by atoms with Crippen LogP contribution >= 0.6 is 0 Å². The van der Waals surface area contributed by atoms with Gasteiger partial charge in [-0.2, -0.15) is 0 Å². The molecule has 1 rings (SSSR count). The molecular weight excluding hydrogens is 288 g/mol. The van der Waals surface area contributed by atoms with Crippen molar-refractivity contribution < 1.29 is 8.42 Å². The summed E-state index contributed by atoms with van der Waals surface area (Å²) in [5.74, 6) is 0. The average molecular weight is 313 g/mol. The molecule has 0 aliphatic carbocycles. The van der Waals surface area contributed by atoms with Crippen molar-refractivity contribution in [2.24, 2.45) is 0 Å². The van der Waals surface area contributed by atoms with Crippen molar-refractivity contribution in [3.05, 3.63) is 66.6 Å². The minimum absolute atomic E-state index is 0.568. The number of rotatable bonds is 5. The monoisotopic (exact) mass is 312 g/mol. The zero-order chi connectivity index (χ0) is 15.8. The highest BCUT2D eigenvalue weighted by Gasteiger charge is 2.07. The van der Waals surface area contributed by atoms with Crippen LogP contribution in [0.2, 0.25) is 0 Å². The Balaban J connectivity index is 0. The van der Waals surface area contributed by atoms with E-state index in [1.54, 1.807) is 48.6 Å². The third-order valence-electron chi connectivity index (χ3n) is 1.63. The summed E-state index contributed by atoms with van der Waals surface area (Å²) in [4.78, 5) is 0.568. The highest BCUT2D eigenvalue weighted by atomic mass is 33.1. The summed E-state index contributed by atoms with van der Waals surface area (Å²) in [7, 11) is -3.02. The van der Waals surface area contributed by atoms with Crippen LogP contribution < -0.4 is 0 Å². The lowest BCUT2D eigenvalue weighted by Gasteiger charge is -1.96. The van der Waals surface area contributed by atoms with Crippen LogP contribution in [-0.4, -0.2) is 8.42 Å². The highest BCUT2D eigenvalue weighted by Crippen LogP contribution is 2.09. The van der Waals surface area contributed by atoms with Gasteiger partial charge >= 0.3 is 0 Å². The first kappa shape index (κ1) is 21.0. The first-order chi connectivity index (χ1) is 9.75. The fourth-order valence-corrected chi connectivity index (χ4v) is 3.22. The molecule has 20 heavy (non-hydrogen) atoms. The zero-order valence-electron chi connectivity index (χ0n) is 12.6. The van der Waals surface area contributed by atoms with Crippen LogP contribution in [0.4, 0.5) is 0 Å². The Hall–Kier alpha value is -1.26. The second-order valence-corrected chi connectivity index (χ2v) is 6.39. The Morgan fingerprint density at radius 1 is 0.900 bits per heavy atom. The maximum Gasteiger partial charge on any atom is 0.147 e. The summed E-state index contributed by atoms with van der Waals surface area (Å²) in [6.07, 6.45) is 6.60. The second-order valence-electron chi connectivity index (χ2n) is 2.76. The SMILES string of the molecule is C=C/C=C\C=C/S(=O)S(=O)c1ccccc1.CC.CC. The molecule has 2 nitrogen and oxygen atoms in total. The number of hydrogen-bond acceptors (Lipinski definition) is 2. The summed E-state index contributed by atoms with van der Waals surface area (Å²) in [5.41, 5.74) is 0. The predicted octanol–water partition coefficient (Wildman–Crippen LogP) is 4.77. The maximum absolute atomic E-state index is 11.7. The van der Waals surface area contributed by atoms with Gasteiger partial charge in [0.15, 0.2) is 0 Å². The van der Waals surface area contributed by atoms with E-state index < -0.39 is 19.7 Å². The van der Waals surface area contributed by atoms with Gasteiger partial charge in [-0.3, -0.25) is 0 Å². The van der Waals surface area contributed by atoms with E-state index in [1.165, 1.54) is 5.41 Å². The first-order valence-corrected chi connectivity index (χ1v) is 9.47. The molecule has 2 atom stereocenters. The lowest BCUT2D eigenvalue weighted by Crippen LogP contribution is -1.96. The van der Waals surface area contributed by atoms with Crippen LogP contribution in [0.1, 0.15) is 27.7 Å². The van der Waals surface area contributed by atoms with Gasteiger partial charge in [-0.25, -0.2) is 8.42 Å². The molecule has 0 heterocycles. The van der Waals surface area contributed by atoms with Crippen LogP contribution in [0.15, 0.2) is 71.5 Å². The molecular formula is C16H24O2S2. The Kier molecular flexibility index (Phi) is 16.6. The fraction of sp³-hybridized carbons (Fsp3) is 0.250. The second kappa shape index (κ2) is 15.8. The first-order valence-electron chi connectivity index (χ1n) is 6.59. The Morgan fingerprint density at radius 3 is 1.95 bits per heavy atom. The average Bonchev–Trinajstić information content (AvgIpc) is 2.55. The fourth-order valence-electron chi connectivity index (χ4n) is 0.929. The van der Waals surface area contributed by atoms with Crippen LogP contribution in [0.3, 0.4) is 0 Å². The molecule has 112 valence electrons. The highest BCUT2D eigenvalue weighted by molar-refractivity contribution is 8.62. The summed E-state index contributed by atoms with van der Waals surface area (Å²) >= 11 is 0. The van der Waals surface area contributed by atoms with Gasteiger partial charge in [-0.1, -0.05) is 76.8 Å². The molecule has 0 saturated heterocycles. The maximum atomic E-state index is 11.7. The minimum Gasteiger partial charge on any atom is -0.240 e. The molecule has 0 N–H and O–H groups in total. The Morgan fingerprint density at radius 2 is 1.45 bits per heavy atom. The van der Waals surface area contributed by atoms with E-state index in [0.717, 1.165) is 0 Å². The van der Waals surface area contributed by atoms with E-state index >= 15 is 0 Å². The summed E-state index contributed by atoms with van der Waals surface area (Å²) in [5, 5.41) is 1.41. The van der Waals surface area contributed by atoms with Crippen molar-refractivity contribution in [1.29, 1.82) is 0 Å². The third kappa shape index (κ3) is 9.64. The van der Waals surface area contributed by atoms with Crippen molar-refractivity contribution in [2.45, 2.75) is 32.6 Å². The standard InChI is InChI=1S/C12H12O2S2.2C2H6/c1-2-3-4-8-11-15(13)16(14)12-9-6-5-7-10-12;2*1-2/h2-11H,1H2;2*1-2H3/b4-3-,11-8-;;. The molecule has 0 aromatic heterocycles. The zero-order valence-corrected chi connectivity index (χ0v) is 14.2. The number of benzene rings is 1.